The third-order valence-corrected chi connectivity index (χ3v) is 2.53. The van der Waals surface area contributed by atoms with Gasteiger partial charge < -0.3 is 0 Å². The van der Waals surface area contributed by atoms with Crippen molar-refractivity contribution in [1.29, 1.82) is 0 Å². The lowest BCUT2D eigenvalue weighted by molar-refractivity contribution is 0.586. The predicted octanol–water partition coefficient (Wildman–Crippen LogP) is 4.24. The van der Waals surface area contributed by atoms with E-state index in [1.807, 2.05) is 12.1 Å². The fourth-order valence-electron chi connectivity index (χ4n) is 1.38. The molecule has 0 atom stereocenters. The Morgan fingerprint density at radius 3 is 2.54 bits per heavy atom. The van der Waals surface area contributed by atoms with Crippen LogP contribution in [0.25, 0.3) is 0 Å². The summed E-state index contributed by atoms with van der Waals surface area (Å²) in [4.78, 5) is 0. The molecule has 0 unspecified atom stereocenters. The molecule has 0 bridgehead atoms. The summed E-state index contributed by atoms with van der Waals surface area (Å²) in [5.41, 5.74) is 2.74. The van der Waals surface area contributed by atoms with Crippen molar-refractivity contribution in [2.75, 3.05) is 0 Å². The van der Waals surface area contributed by atoms with Gasteiger partial charge in [-0.15, -0.1) is 0 Å². The van der Waals surface area contributed by atoms with Gasteiger partial charge in [0, 0.05) is 5.02 Å². The van der Waals surface area contributed by atoms with Crippen LogP contribution in [0.4, 0.5) is 0 Å². The van der Waals surface area contributed by atoms with Gasteiger partial charge in [-0.05, 0) is 48.9 Å². The number of rotatable bonds is 3. The van der Waals surface area contributed by atoms with Crippen LogP contribution < -0.4 is 0 Å². The van der Waals surface area contributed by atoms with Gasteiger partial charge >= 0.3 is 0 Å². The first-order chi connectivity index (χ1) is 6.09. The standard InChI is InChI=1S/C12H17Cl/c1-9(2)4-5-11-6-7-12(13)8-10(11)3/h6-9H,4-5H2,1-3H3. The van der Waals surface area contributed by atoms with Crippen LogP contribution >= 0.6 is 11.6 Å². The minimum absolute atomic E-state index is 0.773. The molecule has 1 aromatic rings. The number of hydrogen-bond donors (Lipinski definition) is 0. The summed E-state index contributed by atoms with van der Waals surface area (Å²) in [5, 5.41) is 0.839. The zero-order valence-corrected chi connectivity index (χ0v) is 9.36. The lowest BCUT2D eigenvalue weighted by Gasteiger charge is -2.07. The Morgan fingerprint density at radius 1 is 1.31 bits per heavy atom. The van der Waals surface area contributed by atoms with Crippen molar-refractivity contribution < 1.29 is 0 Å². The molecule has 0 radical (unpaired) electrons. The molecule has 0 aromatic heterocycles. The third kappa shape index (κ3) is 3.40. The Morgan fingerprint density at radius 2 is 2.00 bits per heavy atom. The molecular formula is C12H17Cl. The molecule has 0 N–H and O–H groups in total. The van der Waals surface area contributed by atoms with Gasteiger partial charge in [0.05, 0.1) is 0 Å². The molecule has 0 spiro atoms. The molecule has 0 heterocycles. The van der Waals surface area contributed by atoms with E-state index in [2.05, 4.69) is 26.8 Å². The highest BCUT2D eigenvalue weighted by Crippen LogP contribution is 2.17. The van der Waals surface area contributed by atoms with Crippen LogP contribution in [0.2, 0.25) is 5.02 Å². The maximum absolute atomic E-state index is 5.88. The number of hydrogen-bond acceptors (Lipinski definition) is 0. The van der Waals surface area contributed by atoms with E-state index in [-0.39, 0.29) is 0 Å². The van der Waals surface area contributed by atoms with Crippen LogP contribution in [0.15, 0.2) is 18.2 Å². The summed E-state index contributed by atoms with van der Waals surface area (Å²) in [7, 11) is 0. The molecule has 0 aliphatic heterocycles. The predicted molar refractivity (Wildman–Crippen MR) is 59.3 cm³/mol. The largest absolute Gasteiger partial charge is 0.0843 e. The molecule has 13 heavy (non-hydrogen) atoms. The Hall–Kier alpha value is -0.490. The van der Waals surface area contributed by atoms with Crippen LogP contribution in [0.5, 0.6) is 0 Å². The summed E-state index contributed by atoms with van der Waals surface area (Å²) in [6.07, 6.45) is 2.42. The molecule has 0 saturated carbocycles. The fourth-order valence-corrected chi connectivity index (χ4v) is 1.61. The van der Waals surface area contributed by atoms with Crippen molar-refractivity contribution >= 4 is 11.6 Å². The van der Waals surface area contributed by atoms with Crippen LogP contribution in [0, 0.1) is 12.8 Å². The maximum atomic E-state index is 5.88. The van der Waals surface area contributed by atoms with Gasteiger partial charge in [-0.1, -0.05) is 31.5 Å². The molecule has 0 aliphatic rings. The molecule has 1 heteroatoms. The number of aryl methyl sites for hydroxylation is 2. The molecule has 0 amide bonds. The normalized spacial score (nSPS) is 10.8. The minimum Gasteiger partial charge on any atom is -0.0843 e. The minimum atomic E-state index is 0.773. The van der Waals surface area contributed by atoms with E-state index in [1.165, 1.54) is 24.0 Å². The monoisotopic (exact) mass is 196 g/mol. The molecule has 0 aliphatic carbocycles. The van der Waals surface area contributed by atoms with E-state index >= 15 is 0 Å². The fraction of sp³-hybridized carbons (Fsp3) is 0.500. The summed E-state index contributed by atoms with van der Waals surface area (Å²) >= 11 is 5.88. The molecule has 1 aromatic carbocycles. The van der Waals surface area contributed by atoms with Gasteiger partial charge in [0.15, 0.2) is 0 Å². The molecule has 0 nitrogen and oxygen atoms in total. The van der Waals surface area contributed by atoms with Gasteiger partial charge in [-0.2, -0.15) is 0 Å². The molecule has 0 saturated heterocycles. The molecule has 1 rings (SSSR count). The maximum Gasteiger partial charge on any atom is 0.0408 e. The Kier molecular flexibility index (Phi) is 3.80. The average Bonchev–Trinajstić information content (AvgIpc) is 2.02. The highest BCUT2D eigenvalue weighted by molar-refractivity contribution is 6.30. The zero-order chi connectivity index (χ0) is 9.84. The topological polar surface area (TPSA) is 0 Å². The summed E-state index contributed by atoms with van der Waals surface area (Å²) in [6.45, 7) is 6.64. The van der Waals surface area contributed by atoms with Crippen molar-refractivity contribution in [3.05, 3.63) is 34.3 Å². The third-order valence-electron chi connectivity index (χ3n) is 2.30. The average molecular weight is 197 g/mol. The van der Waals surface area contributed by atoms with Gasteiger partial charge in [0.25, 0.3) is 0 Å². The Bertz CT molecular complexity index is 276. The van der Waals surface area contributed by atoms with Gasteiger partial charge in [-0.3, -0.25) is 0 Å². The smallest absolute Gasteiger partial charge is 0.0408 e. The van der Waals surface area contributed by atoms with Crippen molar-refractivity contribution in [2.45, 2.75) is 33.6 Å². The first kappa shape index (κ1) is 10.6. The van der Waals surface area contributed by atoms with E-state index in [0.717, 1.165) is 10.9 Å². The quantitative estimate of drug-likeness (QED) is 0.679. The van der Waals surface area contributed by atoms with Crippen LogP contribution in [0.1, 0.15) is 31.4 Å². The second-order valence-electron chi connectivity index (χ2n) is 4.00. The van der Waals surface area contributed by atoms with E-state index in [4.69, 9.17) is 11.6 Å². The summed E-state index contributed by atoms with van der Waals surface area (Å²) in [6, 6.07) is 6.15. The van der Waals surface area contributed by atoms with Crippen LogP contribution in [-0.4, -0.2) is 0 Å². The van der Waals surface area contributed by atoms with Crippen molar-refractivity contribution in [3.8, 4) is 0 Å². The van der Waals surface area contributed by atoms with Gasteiger partial charge in [0.1, 0.15) is 0 Å². The zero-order valence-electron chi connectivity index (χ0n) is 8.60. The summed E-state index contributed by atoms with van der Waals surface area (Å²) in [5.74, 6) is 0.773. The Labute approximate surface area is 85.9 Å². The second kappa shape index (κ2) is 4.66. The summed E-state index contributed by atoms with van der Waals surface area (Å²) < 4.78 is 0. The first-order valence-electron chi connectivity index (χ1n) is 4.84. The van der Waals surface area contributed by atoms with Crippen molar-refractivity contribution in [1.82, 2.24) is 0 Å². The van der Waals surface area contributed by atoms with Crippen LogP contribution in [0.3, 0.4) is 0 Å². The van der Waals surface area contributed by atoms with Crippen molar-refractivity contribution in [2.24, 2.45) is 5.92 Å². The number of benzene rings is 1. The van der Waals surface area contributed by atoms with E-state index < -0.39 is 0 Å². The first-order valence-corrected chi connectivity index (χ1v) is 5.22. The van der Waals surface area contributed by atoms with E-state index in [1.54, 1.807) is 0 Å². The lowest BCUT2D eigenvalue weighted by Crippen LogP contribution is -1.94. The highest BCUT2D eigenvalue weighted by Gasteiger charge is 2.00. The molecule has 72 valence electrons. The van der Waals surface area contributed by atoms with E-state index in [9.17, 15) is 0 Å². The molecular weight excluding hydrogens is 180 g/mol. The van der Waals surface area contributed by atoms with Crippen LogP contribution in [-0.2, 0) is 6.42 Å². The number of halogens is 1. The van der Waals surface area contributed by atoms with Gasteiger partial charge in [0.2, 0.25) is 0 Å². The van der Waals surface area contributed by atoms with Gasteiger partial charge in [-0.25, -0.2) is 0 Å². The SMILES string of the molecule is Cc1cc(Cl)ccc1CCC(C)C. The molecule has 0 fully saturated rings. The van der Waals surface area contributed by atoms with Crippen molar-refractivity contribution in [3.63, 3.8) is 0 Å². The Balaban J connectivity index is 2.67. The second-order valence-corrected chi connectivity index (χ2v) is 4.44. The van der Waals surface area contributed by atoms with E-state index in [0.29, 0.717) is 0 Å². The highest BCUT2D eigenvalue weighted by atomic mass is 35.5. The lowest BCUT2D eigenvalue weighted by atomic mass is 9.99.